The maximum Gasteiger partial charge on any atom is 0.298 e. The second kappa shape index (κ2) is 6.78. The van der Waals surface area contributed by atoms with E-state index in [1.165, 1.54) is 12.8 Å². The predicted molar refractivity (Wildman–Crippen MR) is 83.6 cm³/mol. The lowest BCUT2D eigenvalue weighted by molar-refractivity contribution is -0.126. The number of likely N-dealkylation sites (tertiary alicyclic amines) is 1. The number of hydrogen-bond donors (Lipinski definition) is 1. The molecule has 0 saturated carbocycles. The van der Waals surface area contributed by atoms with Gasteiger partial charge in [0.2, 0.25) is 0 Å². The van der Waals surface area contributed by atoms with Gasteiger partial charge in [-0.2, -0.15) is 0 Å². The van der Waals surface area contributed by atoms with Crippen LogP contribution in [-0.4, -0.2) is 36.5 Å². The standard InChI is InChI=1S/C18H22N2O/c21-18(9-8-15-5-2-1-3-6-15)20-13-10-16(11-14-20)17-7-4-12-19-17/h1-3,5-6,16-17,19H,4,7,10-14H2. The third-order valence-electron chi connectivity index (χ3n) is 4.58. The highest BCUT2D eigenvalue weighted by Crippen LogP contribution is 2.25. The normalized spacial score (nSPS) is 22.7. The summed E-state index contributed by atoms with van der Waals surface area (Å²) in [6.45, 7) is 2.86. The Bertz CT molecular complexity index is 529. The van der Waals surface area contributed by atoms with Crippen molar-refractivity contribution in [2.75, 3.05) is 19.6 Å². The van der Waals surface area contributed by atoms with E-state index in [0.717, 1.165) is 44.0 Å². The van der Waals surface area contributed by atoms with Crippen LogP contribution >= 0.6 is 0 Å². The van der Waals surface area contributed by atoms with Crippen molar-refractivity contribution in [3.63, 3.8) is 0 Å². The molecule has 0 radical (unpaired) electrons. The molecule has 3 rings (SSSR count). The molecule has 1 amide bonds. The fourth-order valence-corrected chi connectivity index (χ4v) is 3.34. The lowest BCUT2D eigenvalue weighted by Crippen LogP contribution is -2.43. The van der Waals surface area contributed by atoms with E-state index >= 15 is 0 Å². The van der Waals surface area contributed by atoms with Gasteiger partial charge in [-0.25, -0.2) is 0 Å². The number of piperidine rings is 1. The lowest BCUT2D eigenvalue weighted by Gasteiger charge is -2.33. The van der Waals surface area contributed by atoms with Gasteiger partial charge >= 0.3 is 0 Å². The molecular weight excluding hydrogens is 260 g/mol. The van der Waals surface area contributed by atoms with Gasteiger partial charge in [0.25, 0.3) is 5.91 Å². The molecule has 1 aromatic carbocycles. The first kappa shape index (κ1) is 14.2. The van der Waals surface area contributed by atoms with E-state index in [0.29, 0.717) is 6.04 Å². The topological polar surface area (TPSA) is 32.3 Å². The molecule has 110 valence electrons. The van der Waals surface area contributed by atoms with E-state index in [-0.39, 0.29) is 5.91 Å². The molecule has 0 aliphatic carbocycles. The smallest absolute Gasteiger partial charge is 0.298 e. The maximum atomic E-state index is 12.1. The van der Waals surface area contributed by atoms with Gasteiger partial charge in [-0.1, -0.05) is 24.1 Å². The van der Waals surface area contributed by atoms with Crippen molar-refractivity contribution in [2.24, 2.45) is 5.92 Å². The first-order valence-electron chi connectivity index (χ1n) is 7.92. The van der Waals surface area contributed by atoms with Crippen LogP contribution in [0.1, 0.15) is 31.2 Å². The van der Waals surface area contributed by atoms with E-state index < -0.39 is 0 Å². The Morgan fingerprint density at radius 1 is 1.14 bits per heavy atom. The summed E-state index contributed by atoms with van der Waals surface area (Å²) in [6, 6.07) is 10.4. The number of hydrogen-bond acceptors (Lipinski definition) is 2. The van der Waals surface area contributed by atoms with E-state index in [1.807, 2.05) is 35.2 Å². The molecular formula is C18H22N2O. The summed E-state index contributed by atoms with van der Waals surface area (Å²) < 4.78 is 0. The molecule has 3 heteroatoms. The summed E-state index contributed by atoms with van der Waals surface area (Å²) in [7, 11) is 0. The second-order valence-electron chi connectivity index (χ2n) is 5.95. The van der Waals surface area contributed by atoms with Crippen molar-refractivity contribution in [3.05, 3.63) is 35.9 Å². The van der Waals surface area contributed by atoms with Gasteiger partial charge in [0.1, 0.15) is 0 Å². The number of rotatable bonds is 1. The summed E-state index contributed by atoms with van der Waals surface area (Å²) in [5.74, 6) is 6.43. The average Bonchev–Trinajstić information content (AvgIpc) is 3.08. The first-order chi connectivity index (χ1) is 10.3. The van der Waals surface area contributed by atoms with Gasteiger partial charge < -0.3 is 10.2 Å². The fourth-order valence-electron chi connectivity index (χ4n) is 3.34. The van der Waals surface area contributed by atoms with Crippen LogP contribution in [0.25, 0.3) is 0 Å². The number of nitrogens with zero attached hydrogens (tertiary/aromatic N) is 1. The van der Waals surface area contributed by atoms with Gasteiger partial charge in [0, 0.05) is 30.6 Å². The Morgan fingerprint density at radius 2 is 1.90 bits per heavy atom. The van der Waals surface area contributed by atoms with Gasteiger partial charge in [0.05, 0.1) is 0 Å². The van der Waals surface area contributed by atoms with Crippen LogP contribution in [0.2, 0.25) is 0 Å². The van der Waals surface area contributed by atoms with Crippen molar-refractivity contribution in [1.29, 1.82) is 0 Å². The first-order valence-corrected chi connectivity index (χ1v) is 7.92. The fraction of sp³-hybridized carbons (Fsp3) is 0.500. The van der Waals surface area contributed by atoms with Gasteiger partial charge in [0.15, 0.2) is 0 Å². The Morgan fingerprint density at radius 3 is 2.57 bits per heavy atom. The molecule has 3 nitrogen and oxygen atoms in total. The van der Waals surface area contributed by atoms with Crippen molar-refractivity contribution >= 4 is 5.91 Å². The highest BCUT2D eigenvalue weighted by molar-refractivity contribution is 5.94. The molecule has 2 fully saturated rings. The minimum atomic E-state index is -0.0308. The average molecular weight is 282 g/mol. The highest BCUT2D eigenvalue weighted by atomic mass is 16.2. The second-order valence-corrected chi connectivity index (χ2v) is 5.95. The van der Waals surface area contributed by atoms with E-state index in [2.05, 4.69) is 17.2 Å². The quantitative estimate of drug-likeness (QED) is 0.799. The third-order valence-corrected chi connectivity index (χ3v) is 4.58. The zero-order valence-electron chi connectivity index (χ0n) is 12.3. The molecule has 1 aromatic rings. The summed E-state index contributed by atoms with van der Waals surface area (Å²) in [5.41, 5.74) is 0.899. The minimum absolute atomic E-state index is 0.0308. The predicted octanol–water partition coefficient (Wildman–Crippen LogP) is 2.03. The molecule has 2 aliphatic rings. The lowest BCUT2D eigenvalue weighted by atomic mass is 9.88. The van der Waals surface area contributed by atoms with Crippen molar-refractivity contribution in [1.82, 2.24) is 10.2 Å². The van der Waals surface area contributed by atoms with Crippen LogP contribution in [0.4, 0.5) is 0 Å². The molecule has 0 spiro atoms. The largest absolute Gasteiger partial charge is 0.332 e. The highest BCUT2D eigenvalue weighted by Gasteiger charge is 2.29. The SMILES string of the molecule is O=C(C#Cc1ccccc1)N1CCC(C2CCCN2)CC1. The van der Waals surface area contributed by atoms with Crippen LogP contribution in [0, 0.1) is 17.8 Å². The zero-order chi connectivity index (χ0) is 14.5. The van der Waals surface area contributed by atoms with E-state index in [9.17, 15) is 4.79 Å². The molecule has 1 atom stereocenters. The van der Waals surface area contributed by atoms with Crippen LogP contribution in [0.5, 0.6) is 0 Å². The molecule has 21 heavy (non-hydrogen) atoms. The zero-order valence-corrected chi connectivity index (χ0v) is 12.3. The maximum absolute atomic E-state index is 12.1. The third kappa shape index (κ3) is 3.65. The number of amides is 1. The van der Waals surface area contributed by atoms with E-state index in [1.54, 1.807) is 0 Å². The monoisotopic (exact) mass is 282 g/mol. The number of nitrogens with one attached hydrogen (secondary N) is 1. The van der Waals surface area contributed by atoms with Crippen molar-refractivity contribution in [2.45, 2.75) is 31.7 Å². The Hall–Kier alpha value is -1.79. The summed E-state index contributed by atoms with van der Waals surface area (Å²) in [5, 5.41) is 3.59. The summed E-state index contributed by atoms with van der Waals surface area (Å²) in [6.07, 6.45) is 4.81. The summed E-state index contributed by atoms with van der Waals surface area (Å²) >= 11 is 0. The minimum Gasteiger partial charge on any atom is -0.332 e. The van der Waals surface area contributed by atoms with Crippen LogP contribution in [0.3, 0.4) is 0 Å². The molecule has 1 N–H and O–H groups in total. The van der Waals surface area contributed by atoms with Crippen molar-refractivity contribution in [3.8, 4) is 11.8 Å². The van der Waals surface area contributed by atoms with Gasteiger partial charge in [-0.3, -0.25) is 4.79 Å². The Labute approximate surface area is 126 Å². The molecule has 2 heterocycles. The molecule has 0 bridgehead atoms. The van der Waals surface area contributed by atoms with Gasteiger partial charge in [-0.15, -0.1) is 0 Å². The van der Waals surface area contributed by atoms with Crippen LogP contribution in [-0.2, 0) is 4.79 Å². The van der Waals surface area contributed by atoms with Crippen LogP contribution in [0.15, 0.2) is 30.3 Å². The summed E-state index contributed by atoms with van der Waals surface area (Å²) in [4.78, 5) is 14.0. The van der Waals surface area contributed by atoms with Gasteiger partial charge in [-0.05, 0) is 50.3 Å². The molecule has 1 unspecified atom stereocenters. The van der Waals surface area contributed by atoms with Crippen molar-refractivity contribution < 1.29 is 4.79 Å². The van der Waals surface area contributed by atoms with Crippen LogP contribution < -0.4 is 5.32 Å². The molecule has 2 saturated heterocycles. The Balaban J connectivity index is 1.52. The van der Waals surface area contributed by atoms with E-state index in [4.69, 9.17) is 0 Å². The molecule has 0 aromatic heterocycles. The Kier molecular flexibility index (Phi) is 4.57. The number of carbonyl (C=O) groups is 1. The molecule has 2 aliphatic heterocycles. The number of benzene rings is 1. The number of carbonyl (C=O) groups excluding carboxylic acids is 1.